The van der Waals surface area contributed by atoms with Crippen molar-refractivity contribution in [1.29, 1.82) is 0 Å². The Balaban J connectivity index is 1.76. The predicted octanol–water partition coefficient (Wildman–Crippen LogP) is 4.93. The molecule has 148 valence electrons. The Labute approximate surface area is 172 Å². The van der Waals surface area contributed by atoms with E-state index >= 15 is 0 Å². The van der Waals surface area contributed by atoms with E-state index in [1.54, 1.807) is 31.3 Å². The van der Waals surface area contributed by atoms with Crippen LogP contribution in [0.15, 0.2) is 72.8 Å². The predicted molar refractivity (Wildman–Crippen MR) is 118 cm³/mol. The second kappa shape index (κ2) is 8.31. The standard InChI is InChI=1S/C25H26N2O2/c1-17-8-10-20(11-9-17)25(2,3)21-12-14-22(15-13-21)27-24(29)19-7-5-6-18(16-19)23(28)26-4/h5-16H,1-4H3,(H,26,28)(H,27,29). The van der Waals surface area contributed by atoms with E-state index < -0.39 is 0 Å². The third kappa shape index (κ3) is 4.54. The molecule has 0 aliphatic carbocycles. The number of rotatable bonds is 5. The van der Waals surface area contributed by atoms with Gasteiger partial charge >= 0.3 is 0 Å². The van der Waals surface area contributed by atoms with Crippen molar-refractivity contribution in [2.24, 2.45) is 0 Å². The SMILES string of the molecule is CNC(=O)c1cccc(C(=O)Nc2ccc(C(C)(C)c3ccc(C)cc3)cc2)c1. The molecule has 2 N–H and O–H groups in total. The van der Waals surface area contributed by atoms with Gasteiger partial charge in [-0.1, -0.05) is 61.9 Å². The van der Waals surface area contributed by atoms with Crippen molar-refractivity contribution in [1.82, 2.24) is 5.32 Å². The van der Waals surface area contributed by atoms with Crippen LogP contribution in [-0.2, 0) is 5.41 Å². The molecule has 29 heavy (non-hydrogen) atoms. The Morgan fingerprint density at radius 3 is 1.83 bits per heavy atom. The van der Waals surface area contributed by atoms with Crippen molar-refractivity contribution in [3.63, 3.8) is 0 Å². The van der Waals surface area contributed by atoms with Gasteiger partial charge in [0.15, 0.2) is 0 Å². The zero-order valence-corrected chi connectivity index (χ0v) is 17.2. The topological polar surface area (TPSA) is 58.2 Å². The van der Waals surface area contributed by atoms with Gasteiger partial charge in [0.1, 0.15) is 0 Å². The van der Waals surface area contributed by atoms with E-state index in [4.69, 9.17) is 0 Å². The molecule has 4 nitrogen and oxygen atoms in total. The smallest absolute Gasteiger partial charge is 0.255 e. The van der Waals surface area contributed by atoms with Crippen molar-refractivity contribution >= 4 is 17.5 Å². The van der Waals surface area contributed by atoms with Gasteiger partial charge in [-0.3, -0.25) is 9.59 Å². The van der Waals surface area contributed by atoms with Crippen molar-refractivity contribution in [2.75, 3.05) is 12.4 Å². The molecule has 0 radical (unpaired) electrons. The van der Waals surface area contributed by atoms with Crippen LogP contribution in [0.4, 0.5) is 5.69 Å². The Kier molecular flexibility index (Phi) is 5.83. The summed E-state index contributed by atoms with van der Waals surface area (Å²) in [6.07, 6.45) is 0. The van der Waals surface area contributed by atoms with Crippen LogP contribution in [0.25, 0.3) is 0 Å². The number of carbonyl (C=O) groups is 2. The van der Waals surface area contributed by atoms with E-state index in [1.807, 2.05) is 24.3 Å². The lowest BCUT2D eigenvalue weighted by molar-refractivity contribution is 0.0963. The van der Waals surface area contributed by atoms with E-state index in [1.165, 1.54) is 16.7 Å². The molecule has 2 amide bonds. The minimum Gasteiger partial charge on any atom is -0.355 e. The molecule has 3 rings (SSSR count). The molecule has 0 saturated heterocycles. The fourth-order valence-electron chi connectivity index (χ4n) is 3.26. The summed E-state index contributed by atoms with van der Waals surface area (Å²) in [4.78, 5) is 24.3. The van der Waals surface area contributed by atoms with Crippen LogP contribution >= 0.6 is 0 Å². The van der Waals surface area contributed by atoms with Crippen molar-refractivity contribution in [2.45, 2.75) is 26.2 Å². The van der Waals surface area contributed by atoms with Crippen molar-refractivity contribution in [3.05, 3.63) is 101 Å². The highest BCUT2D eigenvalue weighted by atomic mass is 16.2. The molecule has 0 aliphatic heterocycles. The maximum atomic E-state index is 12.6. The molecule has 0 heterocycles. The molecule has 4 heteroatoms. The first kappa shape index (κ1) is 20.3. The lowest BCUT2D eigenvalue weighted by Gasteiger charge is -2.26. The molecule has 3 aromatic carbocycles. The van der Waals surface area contributed by atoms with Gasteiger partial charge in [0.2, 0.25) is 0 Å². The lowest BCUT2D eigenvalue weighted by Crippen LogP contribution is -2.20. The van der Waals surface area contributed by atoms with Crippen LogP contribution in [-0.4, -0.2) is 18.9 Å². The summed E-state index contributed by atoms with van der Waals surface area (Å²) in [6, 6.07) is 23.1. The van der Waals surface area contributed by atoms with Gasteiger partial charge in [-0.05, 0) is 48.4 Å². The van der Waals surface area contributed by atoms with E-state index in [-0.39, 0.29) is 17.2 Å². The summed E-state index contributed by atoms with van der Waals surface area (Å²) in [5, 5.41) is 5.46. The summed E-state index contributed by atoms with van der Waals surface area (Å²) < 4.78 is 0. The summed E-state index contributed by atoms with van der Waals surface area (Å²) in [6.45, 7) is 6.46. The summed E-state index contributed by atoms with van der Waals surface area (Å²) in [5.41, 5.74) is 5.11. The van der Waals surface area contributed by atoms with Gasteiger partial charge in [0.05, 0.1) is 0 Å². The quantitative estimate of drug-likeness (QED) is 0.653. The molecular weight excluding hydrogens is 360 g/mol. The number of hydrogen-bond donors (Lipinski definition) is 2. The van der Waals surface area contributed by atoms with Gasteiger partial charge in [0, 0.05) is 29.3 Å². The summed E-state index contributed by atoms with van der Waals surface area (Å²) in [7, 11) is 1.56. The zero-order valence-electron chi connectivity index (χ0n) is 17.2. The third-order valence-electron chi connectivity index (χ3n) is 5.25. The fourth-order valence-corrected chi connectivity index (χ4v) is 3.26. The average molecular weight is 386 g/mol. The maximum Gasteiger partial charge on any atom is 0.255 e. The monoisotopic (exact) mass is 386 g/mol. The number of nitrogens with one attached hydrogen (secondary N) is 2. The fraction of sp³-hybridized carbons (Fsp3) is 0.200. The highest BCUT2D eigenvalue weighted by Crippen LogP contribution is 2.32. The van der Waals surface area contributed by atoms with Crippen molar-refractivity contribution < 1.29 is 9.59 Å². The second-order valence-corrected chi connectivity index (χ2v) is 7.68. The number of hydrogen-bond acceptors (Lipinski definition) is 2. The Morgan fingerprint density at radius 1 is 0.759 bits per heavy atom. The minimum atomic E-state index is -0.249. The first-order valence-corrected chi connectivity index (χ1v) is 9.62. The van der Waals surface area contributed by atoms with Crippen LogP contribution < -0.4 is 10.6 Å². The van der Waals surface area contributed by atoms with Gasteiger partial charge in [-0.2, -0.15) is 0 Å². The Hall–Kier alpha value is -3.40. The molecule has 0 bridgehead atoms. The van der Waals surface area contributed by atoms with Crippen LogP contribution in [0.5, 0.6) is 0 Å². The number of anilines is 1. The average Bonchev–Trinajstić information content (AvgIpc) is 2.74. The Bertz CT molecular complexity index is 1020. The van der Waals surface area contributed by atoms with E-state index in [2.05, 4.69) is 55.7 Å². The second-order valence-electron chi connectivity index (χ2n) is 7.68. The summed E-state index contributed by atoms with van der Waals surface area (Å²) >= 11 is 0. The van der Waals surface area contributed by atoms with Crippen LogP contribution in [0.1, 0.15) is 51.3 Å². The molecular formula is C25H26N2O2. The highest BCUT2D eigenvalue weighted by Gasteiger charge is 2.23. The van der Waals surface area contributed by atoms with Gasteiger partial charge in [0.25, 0.3) is 11.8 Å². The van der Waals surface area contributed by atoms with E-state index in [9.17, 15) is 9.59 Å². The number of amides is 2. The van der Waals surface area contributed by atoms with Crippen LogP contribution in [0.2, 0.25) is 0 Å². The van der Waals surface area contributed by atoms with E-state index in [0.717, 1.165) is 0 Å². The first-order chi connectivity index (χ1) is 13.8. The largest absolute Gasteiger partial charge is 0.355 e. The van der Waals surface area contributed by atoms with Crippen LogP contribution in [0, 0.1) is 6.92 Å². The third-order valence-corrected chi connectivity index (χ3v) is 5.25. The summed E-state index contributed by atoms with van der Waals surface area (Å²) in [5.74, 6) is -0.469. The molecule has 0 spiro atoms. The van der Waals surface area contributed by atoms with Gasteiger partial charge < -0.3 is 10.6 Å². The molecule has 0 aliphatic rings. The molecule has 0 unspecified atom stereocenters. The number of aryl methyl sites for hydroxylation is 1. The molecule has 0 atom stereocenters. The number of carbonyl (C=O) groups excluding carboxylic acids is 2. The van der Waals surface area contributed by atoms with Gasteiger partial charge in [-0.15, -0.1) is 0 Å². The number of benzene rings is 3. The molecule has 0 saturated carbocycles. The Morgan fingerprint density at radius 2 is 1.28 bits per heavy atom. The van der Waals surface area contributed by atoms with Gasteiger partial charge in [-0.25, -0.2) is 0 Å². The highest BCUT2D eigenvalue weighted by molar-refractivity contribution is 6.06. The zero-order chi connectivity index (χ0) is 21.0. The van der Waals surface area contributed by atoms with Crippen LogP contribution in [0.3, 0.4) is 0 Å². The van der Waals surface area contributed by atoms with Crippen molar-refractivity contribution in [3.8, 4) is 0 Å². The molecule has 0 fully saturated rings. The molecule has 0 aromatic heterocycles. The lowest BCUT2D eigenvalue weighted by atomic mass is 9.78. The molecule has 3 aromatic rings. The minimum absolute atomic E-state index is 0.141. The van der Waals surface area contributed by atoms with E-state index in [0.29, 0.717) is 16.8 Å². The first-order valence-electron chi connectivity index (χ1n) is 9.62. The maximum absolute atomic E-state index is 12.6. The normalized spacial score (nSPS) is 11.0.